The van der Waals surface area contributed by atoms with E-state index in [-0.39, 0.29) is 5.75 Å². The third kappa shape index (κ3) is 3.37. The molecule has 0 saturated heterocycles. The predicted molar refractivity (Wildman–Crippen MR) is 68.6 cm³/mol. The maximum Gasteiger partial charge on any atom is 0.387 e. The van der Waals surface area contributed by atoms with Crippen LogP contribution in [0.4, 0.5) is 8.78 Å². The van der Waals surface area contributed by atoms with Gasteiger partial charge in [0.2, 0.25) is 0 Å². The van der Waals surface area contributed by atoms with Gasteiger partial charge in [-0.15, -0.1) is 0 Å². The van der Waals surface area contributed by atoms with Gasteiger partial charge in [-0.3, -0.25) is 4.79 Å². The number of hydrogen-bond donors (Lipinski definition) is 0. The molecule has 0 unspecified atom stereocenters. The molecule has 0 atom stereocenters. The van der Waals surface area contributed by atoms with Crippen molar-refractivity contribution in [2.75, 3.05) is 0 Å². The molecule has 0 aliphatic rings. The van der Waals surface area contributed by atoms with E-state index >= 15 is 0 Å². The highest BCUT2D eigenvalue weighted by Gasteiger charge is 2.05. The summed E-state index contributed by atoms with van der Waals surface area (Å²) in [5, 5.41) is 0. The lowest BCUT2D eigenvalue weighted by Gasteiger charge is -2.07. The highest BCUT2D eigenvalue weighted by atomic mass is 19.3. The van der Waals surface area contributed by atoms with E-state index < -0.39 is 6.61 Å². The van der Waals surface area contributed by atoms with Crippen molar-refractivity contribution in [2.24, 2.45) is 0 Å². The molecule has 0 fully saturated rings. The van der Waals surface area contributed by atoms with Gasteiger partial charge >= 0.3 is 6.61 Å². The molecule has 4 heteroatoms. The maximum absolute atomic E-state index is 12.0. The third-order valence-corrected chi connectivity index (χ3v) is 2.65. The first-order valence-electron chi connectivity index (χ1n) is 5.70. The minimum absolute atomic E-state index is 0.113. The fourth-order valence-electron chi connectivity index (χ4n) is 1.88. The van der Waals surface area contributed by atoms with Crippen LogP contribution in [0.5, 0.6) is 5.75 Å². The highest BCUT2D eigenvalue weighted by molar-refractivity contribution is 5.79. The molecule has 0 bridgehead atoms. The number of carbonyl (C=O) groups is 1. The van der Waals surface area contributed by atoms with E-state index in [0.717, 1.165) is 23.0 Å². The molecule has 0 heterocycles. The standard InChI is InChI=1S/C15H12F2O2/c1-10-6-11(9-18)8-13(7-10)12-2-4-14(5-3-12)19-15(16)17/h2-9,15H,1H3. The molecule has 0 aliphatic carbocycles. The lowest BCUT2D eigenvalue weighted by Crippen LogP contribution is -2.01. The average molecular weight is 262 g/mol. The van der Waals surface area contributed by atoms with Crippen molar-refractivity contribution in [3.63, 3.8) is 0 Å². The van der Waals surface area contributed by atoms with Gasteiger partial charge in [-0.25, -0.2) is 0 Å². The van der Waals surface area contributed by atoms with E-state index in [1.807, 2.05) is 13.0 Å². The second-order valence-electron chi connectivity index (χ2n) is 4.15. The molecule has 2 aromatic carbocycles. The van der Waals surface area contributed by atoms with E-state index in [9.17, 15) is 13.6 Å². The number of hydrogen-bond acceptors (Lipinski definition) is 2. The number of rotatable bonds is 4. The summed E-state index contributed by atoms with van der Waals surface area (Å²) in [6.07, 6.45) is 0.783. The van der Waals surface area contributed by atoms with Crippen molar-refractivity contribution in [1.29, 1.82) is 0 Å². The smallest absolute Gasteiger partial charge is 0.387 e. The van der Waals surface area contributed by atoms with Crippen molar-refractivity contribution in [3.05, 3.63) is 53.6 Å². The van der Waals surface area contributed by atoms with Crippen molar-refractivity contribution < 1.29 is 18.3 Å². The Morgan fingerprint density at radius 2 is 1.74 bits per heavy atom. The largest absolute Gasteiger partial charge is 0.435 e. The molecule has 2 nitrogen and oxygen atoms in total. The Balaban J connectivity index is 2.31. The van der Waals surface area contributed by atoms with E-state index in [2.05, 4.69) is 4.74 Å². The van der Waals surface area contributed by atoms with E-state index in [4.69, 9.17) is 0 Å². The summed E-state index contributed by atoms with van der Waals surface area (Å²) in [4.78, 5) is 10.8. The molecule has 0 saturated carbocycles. The van der Waals surface area contributed by atoms with E-state index in [1.54, 1.807) is 24.3 Å². The molecule has 19 heavy (non-hydrogen) atoms. The first kappa shape index (κ1) is 13.2. The molecular formula is C15H12F2O2. The van der Waals surface area contributed by atoms with Crippen molar-refractivity contribution >= 4 is 6.29 Å². The van der Waals surface area contributed by atoms with Gasteiger partial charge in [0.15, 0.2) is 0 Å². The van der Waals surface area contributed by atoms with Crippen LogP contribution in [0.3, 0.4) is 0 Å². The van der Waals surface area contributed by atoms with Crippen LogP contribution in [-0.4, -0.2) is 12.9 Å². The quantitative estimate of drug-likeness (QED) is 0.776. The van der Waals surface area contributed by atoms with Crippen LogP contribution in [0.2, 0.25) is 0 Å². The number of aldehydes is 1. The van der Waals surface area contributed by atoms with Crippen molar-refractivity contribution in [2.45, 2.75) is 13.5 Å². The third-order valence-electron chi connectivity index (χ3n) is 2.65. The van der Waals surface area contributed by atoms with Gasteiger partial charge < -0.3 is 4.74 Å². The number of benzene rings is 2. The van der Waals surface area contributed by atoms with Crippen molar-refractivity contribution in [1.82, 2.24) is 0 Å². The summed E-state index contributed by atoms with van der Waals surface area (Å²) in [5.74, 6) is 0.113. The zero-order valence-electron chi connectivity index (χ0n) is 10.3. The van der Waals surface area contributed by atoms with E-state index in [0.29, 0.717) is 5.56 Å². The summed E-state index contributed by atoms with van der Waals surface area (Å²) in [7, 11) is 0. The minimum Gasteiger partial charge on any atom is -0.435 e. The summed E-state index contributed by atoms with van der Waals surface area (Å²) >= 11 is 0. The SMILES string of the molecule is Cc1cc(C=O)cc(-c2ccc(OC(F)F)cc2)c1. The number of carbonyl (C=O) groups excluding carboxylic acids is 1. The molecule has 0 aromatic heterocycles. The van der Waals surface area contributed by atoms with Gasteiger partial charge in [0.1, 0.15) is 12.0 Å². The molecule has 2 rings (SSSR count). The van der Waals surface area contributed by atoms with Crippen LogP contribution in [0.1, 0.15) is 15.9 Å². The van der Waals surface area contributed by atoms with Crippen LogP contribution in [0, 0.1) is 6.92 Å². The Labute approximate surface area is 109 Å². The number of aryl methyl sites for hydroxylation is 1. The van der Waals surface area contributed by atoms with Crippen LogP contribution in [0.25, 0.3) is 11.1 Å². The zero-order chi connectivity index (χ0) is 13.8. The van der Waals surface area contributed by atoms with Gasteiger partial charge in [0.05, 0.1) is 0 Å². The van der Waals surface area contributed by atoms with Crippen LogP contribution < -0.4 is 4.74 Å². The number of halogens is 2. The van der Waals surface area contributed by atoms with Crippen LogP contribution in [-0.2, 0) is 0 Å². The molecule has 0 spiro atoms. The Morgan fingerprint density at radius 3 is 2.32 bits per heavy atom. The second-order valence-corrected chi connectivity index (χ2v) is 4.15. The van der Waals surface area contributed by atoms with E-state index in [1.165, 1.54) is 12.1 Å². The molecule has 0 radical (unpaired) electrons. The molecule has 98 valence electrons. The highest BCUT2D eigenvalue weighted by Crippen LogP contribution is 2.25. The molecular weight excluding hydrogens is 250 g/mol. The number of alkyl halides is 2. The lowest BCUT2D eigenvalue weighted by atomic mass is 10.0. The molecule has 0 N–H and O–H groups in total. The molecule has 0 amide bonds. The summed E-state index contributed by atoms with van der Waals surface area (Å²) in [6, 6.07) is 11.8. The first-order valence-corrected chi connectivity index (χ1v) is 5.70. The fourth-order valence-corrected chi connectivity index (χ4v) is 1.88. The Kier molecular flexibility index (Phi) is 3.90. The van der Waals surface area contributed by atoms with Gasteiger partial charge in [-0.1, -0.05) is 18.2 Å². The van der Waals surface area contributed by atoms with Crippen molar-refractivity contribution in [3.8, 4) is 16.9 Å². The molecule has 2 aromatic rings. The van der Waals surface area contributed by atoms with Gasteiger partial charge in [-0.05, 0) is 47.9 Å². The minimum atomic E-state index is -2.83. The van der Waals surface area contributed by atoms with Crippen LogP contribution in [0.15, 0.2) is 42.5 Å². The second kappa shape index (κ2) is 5.61. The lowest BCUT2D eigenvalue weighted by molar-refractivity contribution is -0.0498. The topological polar surface area (TPSA) is 26.3 Å². The Bertz CT molecular complexity index is 577. The monoisotopic (exact) mass is 262 g/mol. The maximum atomic E-state index is 12.0. The summed E-state index contributed by atoms with van der Waals surface area (Å²) < 4.78 is 28.4. The summed E-state index contributed by atoms with van der Waals surface area (Å²) in [5.41, 5.74) is 3.26. The fraction of sp³-hybridized carbons (Fsp3) is 0.133. The predicted octanol–water partition coefficient (Wildman–Crippen LogP) is 4.08. The Hall–Kier alpha value is -2.23. The Morgan fingerprint density at radius 1 is 1.05 bits per heavy atom. The van der Waals surface area contributed by atoms with Crippen LogP contribution >= 0.6 is 0 Å². The summed E-state index contributed by atoms with van der Waals surface area (Å²) in [6.45, 7) is -0.934. The van der Waals surface area contributed by atoms with Gasteiger partial charge in [-0.2, -0.15) is 8.78 Å². The zero-order valence-corrected chi connectivity index (χ0v) is 10.3. The average Bonchev–Trinajstić information content (AvgIpc) is 2.38. The normalized spacial score (nSPS) is 10.5. The van der Waals surface area contributed by atoms with Gasteiger partial charge in [0.25, 0.3) is 0 Å². The number of ether oxygens (including phenoxy) is 1. The first-order chi connectivity index (χ1) is 9.08. The molecule has 0 aliphatic heterocycles. The van der Waals surface area contributed by atoms with Gasteiger partial charge in [0, 0.05) is 5.56 Å².